The molecule has 0 bridgehead atoms. The number of carbonyl (C=O) groups is 1. The predicted octanol–water partition coefficient (Wildman–Crippen LogP) is 1.30. The van der Waals surface area contributed by atoms with Gasteiger partial charge in [0, 0.05) is 64.6 Å². The number of hydrogen-bond donors (Lipinski definition) is 1. The van der Waals surface area contributed by atoms with Gasteiger partial charge in [0.2, 0.25) is 5.91 Å². The van der Waals surface area contributed by atoms with Gasteiger partial charge in [-0.25, -0.2) is 0 Å². The van der Waals surface area contributed by atoms with Gasteiger partial charge in [-0.3, -0.25) is 19.7 Å². The van der Waals surface area contributed by atoms with E-state index in [4.69, 9.17) is 4.74 Å². The van der Waals surface area contributed by atoms with Crippen molar-refractivity contribution in [2.75, 3.05) is 66.1 Å². The zero-order valence-corrected chi connectivity index (χ0v) is 18.7. The van der Waals surface area contributed by atoms with Crippen molar-refractivity contribution in [2.24, 2.45) is 4.99 Å². The Hall–Kier alpha value is -2.97. The highest BCUT2D eigenvalue weighted by molar-refractivity contribution is 5.80. The highest BCUT2D eigenvalue weighted by Gasteiger charge is 2.24. The molecule has 0 aliphatic carbocycles. The highest BCUT2D eigenvalue weighted by atomic mass is 16.5. The van der Waals surface area contributed by atoms with Crippen LogP contribution in [0.25, 0.3) is 11.3 Å². The first-order valence-electron chi connectivity index (χ1n) is 11.3. The Morgan fingerprint density at radius 1 is 1.03 bits per heavy atom. The van der Waals surface area contributed by atoms with Gasteiger partial charge in [-0.2, -0.15) is 0 Å². The Morgan fingerprint density at radius 3 is 2.56 bits per heavy atom. The smallest absolute Gasteiger partial charge is 0.236 e. The molecule has 3 heterocycles. The fraction of sp³-hybridized carbons (Fsp3) is 0.458. The molecule has 8 heteroatoms. The standard InChI is InChI=1S/C24H32N6O2/c1-25-24(27-18-20-5-4-6-21(17-20)22-7-2-3-8-26-22)30-11-9-28(10-12-30)19-23(31)29-13-15-32-16-14-29/h2-8,17H,9-16,18-19H2,1H3,(H,25,27). The minimum absolute atomic E-state index is 0.206. The van der Waals surface area contributed by atoms with Crippen LogP contribution in [0.15, 0.2) is 53.7 Å². The van der Waals surface area contributed by atoms with E-state index in [0.717, 1.165) is 43.4 Å². The topological polar surface area (TPSA) is 73.3 Å². The lowest BCUT2D eigenvalue weighted by Gasteiger charge is -2.37. The van der Waals surface area contributed by atoms with Crippen molar-refractivity contribution in [2.45, 2.75) is 6.54 Å². The number of carbonyl (C=O) groups excluding carboxylic acids is 1. The van der Waals surface area contributed by atoms with Gasteiger partial charge in [-0.15, -0.1) is 0 Å². The lowest BCUT2D eigenvalue weighted by atomic mass is 10.1. The summed E-state index contributed by atoms with van der Waals surface area (Å²) in [4.78, 5) is 27.8. The van der Waals surface area contributed by atoms with E-state index in [1.54, 1.807) is 0 Å². The molecule has 0 unspecified atom stereocenters. The Labute approximate surface area is 189 Å². The Balaban J connectivity index is 1.26. The van der Waals surface area contributed by atoms with E-state index in [2.05, 4.69) is 49.4 Å². The quantitative estimate of drug-likeness (QED) is 0.563. The Morgan fingerprint density at radius 2 is 1.84 bits per heavy atom. The summed E-state index contributed by atoms with van der Waals surface area (Å²) in [5.41, 5.74) is 3.27. The number of aromatic nitrogens is 1. The molecule has 1 amide bonds. The van der Waals surface area contributed by atoms with Gasteiger partial charge < -0.3 is 19.9 Å². The third-order valence-electron chi connectivity index (χ3n) is 5.94. The lowest BCUT2D eigenvalue weighted by Crippen LogP contribution is -2.54. The second kappa shape index (κ2) is 11.1. The van der Waals surface area contributed by atoms with Crippen LogP contribution < -0.4 is 5.32 Å². The average molecular weight is 437 g/mol. The van der Waals surface area contributed by atoms with Crippen molar-refractivity contribution in [3.63, 3.8) is 0 Å². The predicted molar refractivity (Wildman–Crippen MR) is 125 cm³/mol. The molecule has 32 heavy (non-hydrogen) atoms. The van der Waals surface area contributed by atoms with E-state index in [0.29, 0.717) is 39.4 Å². The first kappa shape index (κ1) is 22.2. The summed E-state index contributed by atoms with van der Waals surface area (Å²) >= 11 is 0. The van der Waals surface area contributed by atoms with Gasteiger partial charge in [0.15, 0.2) is 5.96 Å². The summed E-state index contributed by atoms with van der Waals surface area (Å²) in [7, 11) is 1.82. The number of aliphatic imine (C=N–C) groups is 1. The summed E-state index contributed by atoms with van der Waals surface area (Å²) in [5, 5.41) is 3.49. The fourth-order valence-electron chi connectivity index (χ4n) is 4.11. The summed E-state index contributed by atoms with van der Waals surface area (Å²) in [5.74, 6) is 1.10. The summed E-state index contributed by atoms with van der Waals surface area (Å²) < 4.78 is 5.34. The molecule has 2 fully saturated rings. The number of ether oxygens (including phenoxy) is 1. The van der Waals surface area contributed by atoms with E-state index >= 15 is 0 Å². The molecule has 0 radical (unpaired) electrons. The second-order valence-electron chi connectivity index (χ2n) is 8.07. The van der Waals surface area contributed by atoms with Crippen molar-refractivity contribution in [1.82, 2.24) is 25.0 Å². The van der Waals surface area contributed by atoms with Crippen molar-refractivity contribution >= 4 is 11.9 Å². The lowest BCUT2D eigenvalue weighted by molar-refractivity contribution is -0.136. The maximum atomic E-state index is 12.5. The van der Waals surface area contributed by atoms with Gasteiger partial charge in [0.1, 0.15) is 0 Å². The summed E-state index contributed by atoms with van der Waals surface area (Å²) in [6, 6.07) is 14.4. The van der Waals surface area contributed by atoms with Gasteiger partial charge in [-0.1, -0.05) is 24.3 Å². The third kappa shape index (κ3) is 5.83. The zero-order chi connectivity index (χ0) is 22.2. The highest BCUT2D eigenvalue weighted by Crippen LogP contribution is 2.17. The van der Waals surface area contributed by atoms with Gasteiger partial charge in [0.05, 0.1) is 25.5 Å². The van der Waals surface area contributed by atoms with Crippen molar-refractivity contribution < 1.29 is 9.53 Å². The number of hydrogen-bond acceptors (Lipinski definition) is 5. The van der Waals surface area contributed by atoms with E-state index in [9.17, 15) is 4.79 Å². The van der Waals surface area contributed by atoms with Crippen molar-refractivity contribution in [3.05, 3.63) is 54.2 Å². The first-order valence-corrected chi connectivity index (χ1v) is 11.3. The molecule has 2 aliphatic rings. The van der Waals surface area contributed by atoms with Crippen LogP contribution >= 0.6 is 0 Å². The minimum Gasteiger partial charge on any atom is -0.378 e. The molecular formula is C24H32N6O2. The minimum atomic E-state index is 0.206. The van der Waals surface area contributed by atoms with Crippen LogP contribution in [0.4, 0.5) is 0 Å². The van der Waals surface area contributed by atoms with Gasteiger partial charge >= 0.3 is 0 Å². The van der Waals surface area contributed by atoms with Crippen molar-refractivity contribution in [1.29, 1.82) is 0 Å². The molecule has 8 nitrogen and oxygen atoms in total. The van der Waals surface area contributed by atoms with E-state index in [-0.39, 0.29) is 5.91 Å². The molecule has 0 saturated carbocycles. The number of amides is 1. The SMILES string of the molecule is CN=C(NCc1cccc(-c2ccccn2)c1)N1CCN(CC(=O)N2CCOCC2)CC1. The molecule has 0 spiro atoms. The van der Waals surface area contributed by atoms with Gasteiger partial charge in [-0.05, 0) is 23.8 Å². The summed E-state index contributed by atoms with van der Waals surface area (Å²) in [6.07, 6.45) is 1.82. The largest absolute Gasteiger partial charge is 0.378 e. The van der Waals surface area contributed by atoms with Crippen LogP contribution in [0.1, 0.15) is 5.56 Å². The first-order chi connectivity index (χ1) is 15.7. The molecule has 2 aromatic rings. The molecule has 2 saturated heterocycles. The monoisotopic (exact) mass is 436 g/mol. The van der Waals surface area contributed by atoms with Crippen LogP contribution in [0.5, 0.6) is 0 Å². The number of pyridine rings is 1. The van der Waals surface area contributed by atoms with E-state index < -0.39 is 0 Å². The van der Waals surface area contributed by atoms with Crippen LogP contribution in [0.2, 0.25) is 0 Å². The summed E-state index contributed by atoms with van der Waals surface area (Å²) in [6.45, 7) is 7.29. The molecule has 0 atom stereocenters. The van der Waals surface area contributed by atoms with Crippen LogP contribution in [-0.2, 0) is 16.1 Å². The molecule has 1 aromatic carbocycles. The molecule has 1 aromatic heterocycles. The van der Waals surface area contributed by atoms with E-state index in [1.807, 2.05) is 36.3 Å². The van der Waals surface area contributed by atoms with Crippen molar-refractivity contribution in [3.8, 4) is 11.3 Å². The number of benzene rings is 1. The second-order valence-corrected chi connectivity index (χ2v) is 8.07. The average Bonchev–Trinajstić information content (AvgIpc) is 2.86. The maximum absolute atomic E-state index is 12.5. The molecule has 170 valence electrons. The van der Waals surface area contributed by atoms with Crippen LogP contribution in [0, 0.1) is 0 Å². The Bertz CT molecular complexity index is 906. The molecule has 2 aliphatic heterocycles. The van der Waals surface area contributed by atoms with Gasteiger partial charge in [0.25, 0.3) is 0 Å². The van der Waals surface area contributed by atoms with E-state index in [1.165, 1.54) is 5.56 Å². The molecule has 1 N–H and O–H groups in total. The molecule has 4 rings (SSSR count). The number of rotatable bonds is 5. The van der Waals surface area contributed by atoms with Crippen LogP contribution in [0.3, 0.4) is 0 Å². The molecular weight excluding hydrogens is 404 g/mol. The maximum Gasteiger partial charge on any atom is 0.236 e. The number of nitrogens with zero attached hydrogens (tertiary/aromatic N) is 5. The number of nitrogens with one attached hydrogen (secondary N) is 1. The normalized spacial score (nSPS) is 18.0. The zero-order valence-electron chi connectivity index (χ0n) is 18.7. The number of guanidine groups is 1. The van der Waals surface area contributed by atoms with Crippen LogP contribution in [-0.4, -0.2) is 97.6 Å². The number of piperazine rings is 1. The third-order valence-corrected chi connectivity index (χ3v) is 5.94. The Kier molecular flexibility index (Phi) is 7.68. The number of morpholine rings is 1. The fourth-order valence-corrected chi connectivity index (χ4v) is 4.11.